The third-order valence-electron chi connectivity index (χ3n) is 6.20. The Bertz CT molecular complexity index is 1430. The maximum Gasteiger partial charge on any atom is 0.243 e. The molecular formula is C26H26N4O2S2. The van der Waals surface area contributed by atoms with Crippen LogP contribution >= 0.6 is 11.3 Å². The largest absolute Gasteiger partial charge is 0.253 e. The van der Waals surface area contributed by atoms with Crippen molar-refractivity contribution in [3.8, 4) is 11.3 Å². The summed E-state index contributed by atoms with van der Waals surface area (Å²) in [5, 5.41) is 9.21. The minimum Gasteiger partial charge on any atom is -0.253 e. The molecule has 1 aromatic heterocycles. The minimum absolute atomic E-state index is 0.316. The van der Waals surface area contributed by atoms with Crippen LogP contribution in [0.5, 0.6) is 0 Å². The molecule has 0 spiro atoms. The first-order chi connectivity index (χ1) is 16.5. The van der Waals surface area contributed by atoms with Gasteiger partial charge in [-0.1, -0.05) is 61.5 Å². The van der Waals surface area contributed by atoms with Crippen molar-refractivity contribution < 1.29 is 8.42 Å². The van der Waals surface area contributed by atoms with E-state index in [4.69, 9.17) is 0 Å². The van der Waals surface area contributed by atoms with Gasteiger partial charge in [0.2, 0.25) is 15.2 Å². The van der Waals surface area contributed by atoms with E-state index in [9.17, 15) is 8.42 Å². The van der Waals surface area contributed by atoms with Crippen molar-refractivity contribution in [3.05, 3.63) is 77.7 Å². The summed E-state index contributed by atoms with van der Waals surface area (Å²) >= 11 is 1.43. The Morgan fingerprint density at radius 2 is 1.82 bits per heavy atom. The molecule has 2 heterocycles. The third-order valence-corrected chi connectivity index (χ3v) is 8.84. The predicted molar refractivity (Wildman–Crippen MR) is 140 cm³/mol. The second kappa shape index (κ2) is 9.66. The number of thiazole rings is 1. The Morgan fingerprint density at radius 1 is 1.06 bits per heavy atom. The molecule has 0 radical (unpaired) electrons. The zero-order valence-corrected chi connectivity index (χ0v) is 20.5. The number of fused-ring (bicyclic) bond motifs is 1. The Labute approximate surface area is 204 Å². The van der Waals surface area contributed by atoms with E-state index in [0.717, 1.165) is 40.4 Å². The Hall–Kier alpha value is -3.07. The van der Waals surface area contributed by atoms with Crippen molar-refractivity contribution in [2.24, 2.45) is 11.0 Å². The van der Waals surface area contributed by atoms with Gasteiger partial charge in [0.05, 0.1) is 16.8 Å². The van der Waals surface area contributed by atoms with Gasteiger partial charge in [0.15, 0.2) is 0 Å². The van der Waals surface area contributed by atoms with Gasteiger partial charge in [0, 0.05) is 29.6 Å². The van der Waals surface area contributed by atoms with Crippen LogP contribution in [0.3, 0.4) is 0 Å². The first-order valence-corrected chi connectivity index (χ1v) is 13.7. The molecule has 6 nitrogen and oxygen atoms in total. The molecule has 0 aliphatic carbocycles. The molecule has 174 valence electrons. The van der Waals surface area contributed by atoms with Gasteiger partial charge in [-0.05, 0) is 41.7 Å². The molecule has 8 heteroatoms. The number of piperidine rings is 1. The quantitative estimate of drug-likeness (QED) is 0.273. The van der Waals surface area contributed by atoms with E-state index in [1.807, 2.05) is 35.7 Å². The molecule has 3 aromatic carbocycles. The Balaban J connectivity index is 1.31. The highest BCUT2D eigenvalue weighted by Crippen LogP contribution is 2.29. The molecule has 0 amide bonds. The van der Waals surface area contributed by atoms with E-state index in [2.05, 4.69) is 40.6 Å². The number of benzene rings is 3. The lowest BCUT2D eigenvalue weighted by molar-refractivity contribution is 0.288. The lowest BCUT2D eigenvalue weighted by atomic mass is 10.0. The van der Waals surface area contributed by atoms with Crippen LogP contribution in [0.15, 0.2) is 82.1 Å². The predicted octanol–water partition coefficient (Wildman–Crippen LogP) is 5.83. The van der Waals surface area contributed by atoms with Crippen LogP contribution in [0, 0.1) is 5.92 Å². The van der Waals surface area contributed by atoms with Crippen LogP contribution in [-0.4, -0.2) is 37.0 Å². The molecular weight excluding hydrogens is 464 g/mol. The summed E-state index contributed by atoms with van der Waals surface area (Å²) in [5.74, 6) is 0.571. The van der Waals surface area contributed by atoms with Crippen LogP contribution in [0.1, 0.15) is 25.3 Å². The maximum absolute atomic E-state index is 13.1. The first-order valence-electron chi connectivity index (χ1n) is 11.3. The van der Waals surface area contributed by atoms with E-state index >= 15 is 0 Å². The van der Waals surface area contributed by atoms with Crippen molar-refractivity contribution in [3.63, 3.8) is 0 Å². The number of nitrogens with one attached hydrogen (secondary N) is 1. The van der Waals surface area contributed by atoms with Gasteiger partial charge in [-0.2, -0.15) is 9.41 Å². The van der Waals surface area contributed by atoms with E-state index in [1.165, 1.54) is 11.3 Å². The molecule has 1 aliphatic rings. The third kappa shape index (κ3) is 4.75. The molecule has 0 atom stereocenters. The summed E-state index contributed by atoms with van der Waals surface area (Å²) in [5.41, 5.74) is 5.51. The number of hydrogen-bond donors (Lipinski definition) is 1. The minimum atomic E-state index is -3.50. The van der Waals surface area contributed by atoms with Crippen molar-refractivity contribution in [2.75, 3.05) is 18.5 Å². The zero-order valence-electron chi connectivity index (χ0n) is 18.9. The fourth-order valence-electron chi connectivity index (χ4n) is 4.17. The molecule has 1 saturated heterocycles. The summed E-state index contributed by atoms with van der Waals surface area (Å²) in [7, 11) is -3.50. The summed E-state index contributed by atoms with van der Waals surface area (Å²) in [6, 6.07) is 21.3. The number of nitrogens with zero attached hydrogens (tertiary/aromatic N) is 3. The normalized spacial score (nSPS) is 15.8. The summed E-state index contributed by atoms with van der Waals surface area (Å²) in [6.07, 6.45) is 3.59. The van der Waals surface area contributed by atoms with Crippen molar-refractivity contribution in [1.29, 1.82) is 0 Å². The summed E-state index contributed by atoms with van der Waals surface area (Å²) < 4.78 is 27.9. The summed E-state index contributed by atoms with van der Waals surface area (Å²) in [4.78, 5) is 4.92. The van der Waals surface area contributed by atoms with Gasteiger partial charge in [-0.15, -0.1) is 11.3 Å². The van der Waals surface area contributed by atoms with Gasteiger partial charge in [0.25, 0.3) is 0 Å². The van der Waals surface area contributed by atoms with Crippen LogP contribution < -0.4 is 5.43 Å². The standard InChI is InChI=1S/C26H26N4O2S2/c1-19-12-14-30(15-13-19)34(31,32)23-10-5-8-21(16-23)25-18-33-26(28-25)29-27-17-22-9-4-7-20-6-2-3-11-24(20)22/h2-11,16-19H,12-15H2,1H3,(H,28,29). The van der Waals surface area contributed by atoms with Crippen molar-refractivity contribution in [2.45, 2.75) is 24.7 Å². The van der Waals surface area contributed by atoms with E-state index in [0.29, 0.717) is 29.0 Å². The number of hydrazone groups is 1. The highest BCUT2D eigenvalue weighted by Gasteiger charge is 2.28. The molecule has 4 aromatic rings. The highest BCUT2D eigenvalue weighted by atomic mass is 32.2. The monoisotopic (exact) mass is 490 g/mol. The lowest BCUT2D eigenvalue weighted by Gasteiger charge is -2.29. The zero-order chi connectivity index (χ0) is 23.5. The van der Waals surface area contributed by atoms with E-state index in [-0.39, 0.29) is 0 Å². The second-order valence-electron chi connectivity index (χ2n) is 8.59. The van der Waals surface area contributed by atoms with Gasteiger partial charge in [-0.25, -0.2) is 13.4 Å². The van der Waals surface area contributed by atoms with Crippen LogP contribution in [0.4, 0.5) is 5.13 Å². The fourth-order valence-corrected chi connectivity index (χ4v) is 6.35. The SMILES string of the molecule is CC1CCN(S(=O)(=O)c2cccc(-c3csc(NN=Cc4cccc5ccccc45)n3)c2)CC1. The van der Waals surface area contributed by atoms with Crippen molar-refractivity contribution >= 4 is 43.5 Å². The molecule has 0 saturated carbocycles. The molecule has 0 unspecified atom stereocenters. The fraction of sp³-hybridized carbons (Fsp3) is 0.231. The van der Waals surface area contributed by atoms with Crippen molar-refractivity contribution in [1.82, 2.24) is 9.29 Å². The Kier molecular flexibility index (Phi) is 6.45. The van der Waals surface area contributed by atoms with E-state index < -0.39 is 10.0 Å². The molecule has 1 aliphatic heterocycles. The van der Waals surface area contributed by atoms with E-state index in [1.54, 1.807) is 28.7 Å². The average molecular weight is 491 g/mol. The maximum atomic E-state index is 13.1. The number of hydrogen-bond acceptors (Lipinski definition) is 6. The number of rotatable bonds is 6. The summed E-state index contributed by atoms with van der Waals surface area (Å²) in [6.45, 7) is 3.32. The lowest BCUT2D eigenvalue weighted by Crippen LogP contribution is -2.37. The molecule has 5 rings (SSSR count). The van der Waals surface area contributed by atoms with Crippen LogP contribution in [-0.2, 0) is 10.0 Å². The smallest absolute Gasteiger partial charge is 0.243 e. The van der Waals surface area contributed by atoms with Gasteiger partial charge in [0.1, 0.15) is 0 Å². The van der Waals surface area contributed by atoms with Gasteiger partial charge >= 0.3 is 0 Å². The number of anilines is 1. The average Bonchev–Trinajstić information content (AvgIpc) is 3.34. The number of sulfonamides is 1. The highest BCUT2D eigenvalue weighted by molar-refractivity contribution is 7.89. The second-order valence-corrected chi connectivity index (χ2v) is 11.4. The first kappa shape index (κ1) is 22.7. The van der Waals surface area contributed by atoms with Crippen LogP contribution in [0.2, 0.25) is 0 Å². The topological polar surface area (TPSA) is 74.7 Å². The molecule has 34 heavy (non-hydrogen) atoms. The van der Waals surface area contributed by atoms with Gasteiger partial charge in [-0.3, -0.25) is 5.43 Å². The molecule has 1 N–H and O–H groups in total. The van der Waals surface area contributed by atoms with Gasteiger partial charge < -0.3 is 0 Å². The number of aromatic nitrogens is 1. The van der Waals surface area contributed by atoms with Crippen LogP contribution in [0.25, 0.3) is 22.0 Å². The Morgan fingerprint density at radius 3 is 2.68 bits per heavy atom. The molecule has 1 fully saturated rings. The molecule has 0 bridgehead atoms.